The van der Waals surface area contributed by atoms with Crippen molar-refractivity contribution in [2.24, 2.45) is 0 Å². The number of hydrogen-bond acceptors (Lipinski definition) is 6. The SMILES string of the molecule is Cc1ccc2nc(-c3ccc(NC(=O)COC(=O)C4CCC(=O)N4)cc3)sc2c1. The molecule has 0 radical (unpaired) electrons. The zero-order valence-corrected chi connectivity index (χ0v) is 16.5. The van der Waals surface area contributed by atoms with Gasteiger partial charge >= 0.3 is 5.97 Å². The Morgan fingerprint density at radius 2 is 2.03 bits per heavy atom. The van der Waals surface area contributed by atoms with Gasteiger partial charge in [0.15, 0.2) is 6.61 Å². The number of nitrogens with one attached hydrogen (secondary N) is 2. The molecule has 29 heavy (non-hydrogen) atoms. The zero-order valence-electron chi connectivity index (χ0n) is 15.7. The predicted octanol–water partition coefficient (Wildman–Crippen LogP) is 3.03. The molecule has 1 aliphatic rings. The summed E-state index contributed by atoms with van der Waals surface area (Å²) in [5, 5.41) is 6.11. The van der Waals surface area contributed by atoms with Crippen LogP contribution in [0.4, 0.5) is 5.69 Å². The number of amides is 2. The van der Waals surface area contributed by atoms with E-state index in [-0.39, 0.29) is 5.91 Å². The van der Waals surface area contributed by atoms with Crippen LogP contribution in [-0.2, 0) is 19.1 Å². The smallest absolute Gasteiger partial charge is 0.329 e. The Morgan fingerprint density at radius 1 is 1.24 bits per heavy atom. The van der Waals surface area contributed by atoms with Gasteiger partial charge in [0, 0.05) is 17.7 Å². The Morgan fingerprint density at radius 3 is 2.76 bits per heavy atom. The first-order chi connectivity index (χ1) is 14.0. The highest BCUT2D eigenvalue weighted by Gasteiger charge is 2.28. The molecular formula is C21H19N3O4S. The normalized spacial score (nSPS) is 15.9. The van der Waals surface area contributed by atoms with Crippen LogP contribution in [0.2, 0.25) is 0 Å². The fourth-order valence-corrected chi connectivity index (χ4v) is 4.15. The summed E-state index contributed by atoms with van der Waals surface area (Å²) < 4.78 is 6.11. The number of aromatic nitrogens is 1. The number of ether oxygens (including phenoxy) is 1. The van der Waals surface area contributed by atoms with Crippen molar-refractivity contribution < 1.29 is 19.1 Å². The van der Waals surface area contributed by atoms with Crippen LogP contribution in [-0.4, -0.2) is 35.4 Å². The maximum Gasteiger partial charge on any atom is 0.329 e. The van der Waals surface area contributed by atoms with Gasteiger partial charge in [-0.05, 0) is 55.3 Å². The highest BCUT2D eigenvalue weighted by molar-refractivity contribution is 7.21. The Balaban J connectivity index is 1.34. The summed E-state index contributed by atoms with van der Waals surface area (Å²) in [7, 11) is 0. The van der Waals surface area contributed by atoms with Gasteiger partial charge in [-0.15, -0.1) is 11.3 Å². The molecule has 0 spiro atoms. The molecule has 3 aromatic rings. The molecular weight excluding hydrogens is 390 g/mol. The minimum absolute atomic E-state index is 0.181. The van der Waals surface area contributed by atoms with Gasteiger partial charge in [-0.3, -0.25) is 9.59 Å². The van der Waals surface area contributed by atoms with E-state index in [0.717, 1.165) is 20.8 Å². The molecule has 1 saturated heterocycles. The highest BCUT2D eigenvalue weighted by atomic mass is 32.1. The molecule has 2 heterocycles. The quantitative estimate of drug-likeness (QED) is 0.632. The molecule has 148 valence electrons. The Kier molecular flexibility index (Phi) is 5.26. The Hall–Kier alpha value is -3.26. The van der Waals surface area contributed by atoms with Gasteiger partial charge in [-0.1, -0.05) is 6.07 Å². The van der Waals surface area contributed by atoms with Crippen molar-refractivity contribution in [1.29, 1.82) is 0 Å². The first-order valence-electron chi connectivity index (χ1n) is 9.21. The zero-order chi connectivity index (χ0) is 20.4. The molecule has 1 atom stereocenters. The van der Waals surface area contributed by atoms with Gasteiger partial charge in [0.25, 0.3) is 5.91 Å². The summed E-state index contributed by atoms with van der Waals surface area (Å²) in [5.41, 5.74) is 3.72. The molecule has 0 saturated carbocycles. The van der Waals surface area contributed by atoms with Gasteiger partial charge in [-0.2, -0.15) is 0 Å². The minimum atomic E-state index is -0.660. The molecule has 1 fully saturated rings. The second-order valence-corrected chi connectivity index (χ2v) is 7.91. The van der Waals surface area contributed by atoms with Crippen molar-refractivity contribution in [3.8, 4) is 10.6 Å². The van der Waals surface area contributed by atoms with Gasteiger partial charge < -0.3 is 15.4 Å². The Bertz CT molecular complexity index is 1090. The van der Waals surface area contributed by atoms with E-state index in [1.165, 1.54) is 5.56 Å². The van der Waals surface area contributed by atoms with Crippen molar-refractivity contribution in [3.63, 3.8) is 0 Å². The van der Waals surface area contributed by atoms with E-state index in [0.29, 0.717) is 18.5 Å². The highest BCUT2D eigenvalue weighted by Crippen LogP contribution is 2.31. The number of fused-ring (bicyclic) bond motifs is 1. The summed E-state index contributed by atoms with van der Waals surface area (Å²) >= 11 is 1.62. The molecule has 2 aromatic carbocycles. The predicted molar refractivity (Wildman–Crippen MR) is 111 cm³/mol. The van der Waals surface area contributed by atoms with E-state index in [9.17, 15) is 14.4 Å². The van der Waals surface area contributed by atoms with Gasteiger partial charge in [-0.25, -0.2) is 9.78 Å². The lowest BCUT2D eigenvalue weighted by atomic mass is 10.2. The average molecular weight is 409 g/mol. The summed E-state index contributed by atoms with van der Waals surface area (Å²) in [6.45, 7) is 1.65. The van der Waals surface area contributed by atoms with Gasteiger partial charge in [0.05, 0.1) is 10.2 Å². The van der Waals surface area contributed by atoms with Crippen LogP contribution < -0.4 is 10.6 Å². The number of nitrogens with zero attached hydrogens (tertiary/aromatic N) is 1. The lowest BCUT2D eigenvalue weighted by Gasteiger charge is -2.10. The summed E-state index contributed by atoms with van der Waals surface area (Å²) in [4.78, 5) is 39.6. The third-order valence-corrected chi connectivity index (χ3v) is 5.65. The van der Waals surface area contributed by atoms with Crippen LogP contribution in [0.15, 0.2) is 42.5 Å². The molecule has 2 N–H and O–H groups in total. The fourth-order valence-electron chi connectivity index (χ4n) is 3.08. The van der Waals surface area contributed by atoms with Gasteiger partial charge in [0.1, 0.15) is 11.0 Å². The maximum absolute atomic E-state index is 12.0. The second-order valence-electron chi connectivity index (χ2n) is 6.88. The van der Waals surface area contributed by atoms with Crippen LogP contribution >= 0.6 is 11.3 Å². The summed E-state index contributed by atoms with van der Waals surface area (Å²) in [5.74, 6) is -1.21. The Labute approximate surface area is 171 Å². The lowest BCUT2D eigenvalue weighted by Crippen LogP contribution is -2.36. The molecule has 8 heteroatoms. The number of hydrogen-bond donors (Lipinski definition) is 2. The van der Waals surface area contributed by atoms with Crippen LogP contribution in [0, 0.1) is 6.92 Å². The lowest BCUT2D eigenvalue weighted by molar-refractivity contribution is -0.149. The monoisotopic (exact) mass is 409 g/mol. The molecule has 4 rings (SSSR count). The summed E-state index contributed by atoms with van der Waals surface area (Å²) in [6, 6.07) is 12.8. The van der Waals surface area contributed by atoms with Crippen molar-refractivity contribution in [3.05, 3.63) is 48.0 Å². The van der Waals surface area contributed by atoms with Crippen molar-refractivity contribution in [1.82, 2.24) is 10.3 Å². The minimum Gasteiger partial charge on any atom is -0.454 e. The molecule has 1 aromatic heterocycles. The summed E-state index contributed by atoms with van der Waals surface area (Å²) in [6.07, 6.45) is 0.693. The number of anilines is 1. The van der Waals surface area contributed by atoms with Crippen LogP contribution in [0.25, 0.3) is 20.8 Å². The average Bonchev–Trinajstić information content (AvgIpc) is 3.32. The molecule has 0 aliphatic carbocycles. The number of carbonyl (C=O) groups is 3. The standard InChI is InChI=1S/C21H19N3O4S/c1-12-2-7-15-17(10-12)29-20(24-15)13-3-5-14(6-4-13)22-19(26)11-28-21(27)16-8-9-18(25)23-16/h2-7,10,16H,8-9,11H2,1H3,(H,22,26)(H,23,25). The third kappa shape index (κ3) is 4.43. The number of rotatable bonds is 5. The number of thiazole rings is 1. The molecule has 0 bridgehead atoms. The number of carbonyl (C=O) groups excluding carboxylic acids is 3. The van der Waals surface area contributed by atoms with E-state index in [1.807, 2.05) is 24.3 Å². The van der Waals surface area contributed by atoms with E-state index in [1.54, 1.807) is 23.5 Å². The first kappa shape index (κ1) is 19.1. The van der Waals surface area contributed by atoms with Crippen molar-refractivity contribution in [2.45, 2.75) is 25.8 Å². The first-order valence-corrected chi connectivity index (χ1v) is 10.0. The molecule has 1 unspecified atom stereocenters. The third-order valence-electron chi connectivity index (χ3n) is 4.58. The van der Waals surface area contributed by atoms with Crippen LogP contribution in [0.3, 0.4) is 0 Å². The van der Waals surface area contributed by atoms with Crippen LogP contribution in [0.5, 0.6) is 0 Å². The number of benzene rings is 2. The van der Waals surface area contributed by atoms with E-state index in [4.69, 9.17) is 4.74 Å². The van der Waals surface area contributed by atoms with E-state index < -0.39 is 24.5 Å². The largest absolute Gasteiger partial charge is 0.454 e. The number of esters is 1. The maximum atomic E-state index is 12.0. The van der Waals surface area contributed by atoms with Crippen LogP contribution in [0.1, 0.15) is 18.4 Å². The van der Waals surface area contributed by atoms with E-state index in [2.05, 4.69) is 28.6 Å². The second kappa shape index (κ2) is 8.00. The fraction of sp³-hybridized carbons (Fsp3) is 0.238. The van der Waals surface area contributed by atoms with Crippen molar-refractivity contribution >= 4 is 45.0 Å². The molecule has 7 nitrogen and oxygen atoms in total. The van der Waals surface area contributed by atoms with Gasteiger partial charge in [0.2, 0.25) is 5.91 Å². The molecule has 1 aliphatic heterocycles. The van der Waals surface area contributed by atoms with Crippen molar-refractivity contribution in [2.75, 3.05) is 11.9 Å². The topological polar surface area (TPSA) is 97.4 Å². The van der Waals surface area contributed by atoms with E-state index >= 15 is 0 Å². The molecule has 2 amide bonds. The number of aryl methyl sites for hydroxylation is 1.